The molecule has 1 aliphatic heterocycles. The summed E-state index contributed by atoms with van der Waals surface area (Å²) in [5, 5.41) is 12.3. The van der Waals surface area contributed by atoms with Crippen LogP contribution in [0.3, 0.4) is 0 Å². The van der Waals surface area contributed by atoms with Crippen LogP contribution in [0.5, 0.6) is 0 Å². The number of carboxylic acids is 1. The van der Waals surface area contributed by atoms with E-state index >= 15 is 0 Å². The lowest BCUT2D eigenvalue weighted by Crippen LogP contribution is -2.47. The lowest BCUT2D eigenvalue weighted by atomic mass is 9.83. The highest BCUT2D eigenvalue weighted by molar-refractivity contribution is 8.00. The van der Waals surface area contributed by atoms with E-state index in [0.29, 0.717) is 0 Å². The van der Waals surface area contributed by atoms with Crippen molar-refractivity contribution in [2.24, 2.45) is 5.92 Å². The predicted molar refractivity (Wildman–Crippen MR) is 66.6 cm³/mol. The smallest absolute Gasteiger partial charge is 0.321 e. The largest absolute Gasteiger partial charge is 0.480 e. The third-order valence-corrected chi connectivity index (χ3v) is 5.45. The molecule has 92 valence electrons. The van der Waals surface area contributed by atoms with Crippen molar-refractivity contribution in [2.45, 2.75) is 56.4 Å². The minimum absolute atomic E-state index is 0.0906. The van der Waals surface area contributed by atoms with Crippen molar-refractivity contribution in [3.63, 3.8) is 0 Å². The molecule has 4 heteroatoms. The summed E-state index contributed by atoms with van der Waals surface area (Å²) in [5.74, 6) is 0.912. The Kier molecular flexibility index (Phi) is 3.80. The summed E-state index contributed by atoms with van der Waals surface area (Å²) >= 11 is 1.83. The normalized spacial score (nSPS) is 39.1. The Morgan fingerprint density at radius 2 is 2.19 bits per heavy atom. The van der Waals surface area contributed by atoms with E-state index in [0.717, 1.165) is 24.5 Å². The van der Waals surface area contributed by atoms with Gasteiger partial charge in [-0.2, -0.15) is 0 Å². The summed E-state index contributed by atoms with van der Waals surface area (Å²) < 4.78 is 0. The first kappa shape index (κ1) is 12.2. The summed E-state index contributed by atoms with van der Waals surface area (Å²) in [5.41, 5.74) is 0. The van der Waals surface area contributed by atoms with Gasteiger partial charge in [-0.1, -0.05) is 19.8 Å². The maximum atomic E-state index is 10.9. The maximum absolute atomic E-state index is 10.9. The number of rotatable bonds is 3. The second kappa shape index (κ2) is 4.96. The molecule has 0 unspecified atom stereocenters. The van der Waals surface area contributed by atoms with E-state index in [9.17, 15) is 4.79 Å². The molecule has 3 nitrogen and oxygen atoms in total. The van der Waals surface area contributed by atoms with Crippen LogP contribution in [-0.4, -0.2) is 27.7 Å². The summed E-state index contributed by atoms with van der Waals surface area (Å²) in [6.45, 7) is 2.24. The lowest BCUT2D eigenvalue weighted by Gasteiger charge is -2.37. The third-order valence-electron chi connectivity index (χ3n) is 3.87. The Morgan fingerprint density at radius 1 is 1.50 bits per heavy atom. The zero-order valence-electron chi connectivity index (χ0n) is 9.87. The summed E-state index contributed by atoms with van der Waals surface area (Å²) in [6, 6.07) is -0.326. The van der Waals surface area contributed by atoms with Gasteiger partial charge in [-0.25, -0.2) is 0 Å². The van der Waals surface area contributed by atoms with Gasteiger partial charge in [0.1, 0.15) is 6.04 Å². The highest BCUT2D eigenvalue weighted by atomic mass is 32.2. The predicted octanol–water partition coefficient (Wildman–Crippen LogP) is 2.46. The van der Waals surface area contributed by atoms with E-state index in [2.05, 4.69) is 12.2 Å². The maximum Gasteiger partial charge on any atom is 0.321 e. The Bertz CT molecular complexity index is 262. The summed E-state index contributed by atoms with van der Waals surface area (Å²) in [7, 11) is 0. The molecule has 0 aromatic rings. The van der Waals surface area contributed by atoms with Crippen molar-refractivity contribution in [1.29, 1.82) is 0 Å². The van der Waals surface area contributed by atoms with E-state index in [4.69, 9.17) is 5.11 Å². The summed E-state index contributed by atoms with van der Waals surface area (Å²) in [4.78, 5) is 11.0. The average molecular weight is 243 g/mol. The van der Waals surface area contributed by atoms with Gasteiger partial charge in [0, 0.05) is 5.75 Å². The van der Waals surface area contributed by atoms with Gasteiger partial charge >= 0.3 is 5.97 Å². The van der Waals surface area contributed by atoms with Crippen LogP contribution in [0.25, 0.3) is 0 Å². The van der Waals surface area contributed by atoms with Gasteiger partial charge in [0.2, 0.25) is 0 Å². The minimum Gasteiger partial charge on any atom is -0.480 e. The fourth-order valence-corrected chi connectivity index (χ4v) is 4.37. The molecule has 1 saturated heterocycles. The van der Waals surface area contributed by atoms with Crippen molar-refractivity contribution < 1.29 is 9.90 Å². The molecule has 2 fully saturated rings. The first-order chi connectivity index (χ1) is 7.65. The number of hydrogen-bond donors (Lipinski definition) is 2. The van der Waals surface area contributed by atoms with Crippen LogP contribution < -0.4 is 5.32 Å². The monoisotopic (exact) mass is 243 g/mol. The fraction of sp³-hybridized carbons (Fsp3) is 0.917. The second-order valence-corrected chi connectivity index (χ2v) is 6.48. The first-order valence-electron chi connectivity index (χ1n) is 6.30. The van der Waals surface area contributed by atoms with Gasteiger partial charge in [-0.15, -0.1) is 11.8 Å². The molecule has 0 aromatic heterocycles. The van der Waals surface area contributed by atoms with Crippen LogP contribution in [0.15, 0.2) is 0 Å². The molecule has 2 N–H and O–H groups in total. The number of aliphatic carboxylic acids is 1. The molecule has 0 aromatic carbocycles. The minimum atomic E-state index is -0.694. The Balaban J connectivity index is 1.86. The molecule has 0 bridgehead atoms. The Morgan fingerprint density at radius 3 is 2.69 bits per heavy atom. The van der Waals surface area contributed by atoms with E-state index in [1.165, 1.54) is 25.7 Å². The van der Waals surface area contributed by atoms with Gasteiger partial charge in [0.15, 0.2) is 0 Å². The van der Waals surface area contributed by atoms with E-state index in [-0.39, 0.29) is 10.9 Å². The molecule has 1 aliphatic carbocycles. The van der Waals surface area contributed by atoms with E-state index in [1.54, 1.807) is 0 Å². The second-order valence-electron chi connectivity index (χ2n) is 5.07. The molecule has 1 spiro atoms. The van der Waals surface area contributed by atoms with Gasteiger partial charge < -0.3 is 5.11 Å². The molecule has 1 saturated carbocycles. The average Bonchev–Trinajstić information content (AvgIpc) is 2.67. The Labute approximate surface area is 101 Å². The molecular formula is C12H21NO2S. The Hall–Kier alpha value is -0.220. The molecule has 16 heavy (non-hydrogen) atoms. The number of hydrogen-bond acceptors (Lipinski definition) is 3. The highest BCUT2D eigenvalue weighted by Gasteiger charge is 2.43. The number of carbonyl (C=O) groups is 1. The van der Waals surface area contributed by atoms with Crippen molar-refractivity contribution in [1.82, 2.24) is 5.32 Å². The standard InChI is InChI=1S/C12H21NO2S/c1-2-3-9-4-6-12(7-5-9)13-10(8-16-12)11(14)15/h9-10,13H,2-8H2,1H3,(H,14,15)/t9?,10-,12?/m1/s1. The molecule has 2 rings (SSSR count). The quantitative estimate of drug-likeness (QED) is 0.799. The molecular weight excluding hydrogens is 222 g/mol. The van der Waals surface area contributed by atoms with Gasteiger partial charge in [-0.05, 0) is 31.6 Å². The molecule has 0 amide bonds. The van der Waals surface area contributed by atoms with Crippen molar-refractivity contribution in [2.75, 3.05) is 5.75 Å². The van der Waals surface area contributed by atoms with E-state index in [1.807, 2.05) is 11.8 Å². The number of thioether (sulfide) groups is 1. The van der Waals surface area contributed by atoms with Crippen LogP contribution in [0.1, 0.15) is 45.4 Å². The fourth-order valence-electron chi connectivity index (χ4n) is 2.91. The zero-order chi connectivity index (χ0) is 11.6. The van der Waals surface area contributed by atoms with Gasteiger partial charge in [0.05, 0.1) is 4.87 Å². The number of carboxylic acid groups (broad SMARTS) is 1. The third kappa shape index (κ3) is 2.54. The topological polar surface area (TPSA) is 49.3 Å². The van der Waals surface area contributed by atoms with Crippen LogP contribution in [-0.2, 0) is 4.79 Å². The zero-order valence-corrected chi connectivity index (χ0v) is 10.7. The van der Waals surface area contributed by atoms with Crippen molar-refractivity contribution in [3.05, 3.63) is 0 Å². The van der Waals surface area contributed by atoms with Gasteiger partial charge in [0.25, 0.3) is 0 Å². The molecule has 0 radical (unpaired) electrons. The van der Waals surface area contributed by atoms with Crippen LogP contribution in [0.4, 0.5) is 0 Å². The molecule has 1 atom stereocenters. The van der Waals surface area contributed by atoms with E-state index < -0.39 is 5.97 Å². The van der Waals surface area contributed by atoms with Gasteiger partial charge in [-0.3, -0.25) is 10.1 Å². The van der Waals surface area contributed by atoms with Crippen LogP contribution >= 0.6 is 11.8 Å². The van der Waals surface area contributed by atoms with Crippen LogP contribution in [0, 0.1) is 5.92 Å². The molecule has 1 heterocycles. The SMILES string of the molecule is CCCC1CCC2(CC1)N[C@@H](C(=O)O)CS2. The van der Waals surface area contributed by atoms with Crippen molar-refractivity contribution >= 4 is 17.7 Å². The molecule has 2 aliphatic rings. The first-order valence-corrected chi connectivity index (χ1v) is 7.28. The summed E-state index contributed by atoms with van der Waals surface area (Å²) in [6.07, 6.45) is 7.43. The lowest BCUT2D eigenvalue weighted by molar-refractivity contribution is -0.139. The highest BCUT2D eigenvalue weighted by Crippen LogP contribution is 2.44. The van der Waals surface area contributed by atoms with Crippen molar-refractivity contribution in [3.8, 4) is 0 Å². The van der Waals surface area contributed by atoms with Crippen LogP contribution in [0.2, 0.25) is 0 Å². The number of nitrogens with one attached hydrogen (secondary N) is 1.